The zero-order valence-electron chi connectivity index (χ0n) is 17.6. The summed E-state index contributed by atoms with van der Waals surface area (Å²) in [5.74, 6) is 0.932. The monoisotopic (exact) mass is 383 g/mol. The average Bonchev–Trinajstić information content (AvgIpc) is 3.14. The fourth-order valence-electron chi connectivity index (χ4n) is 6.21. The van der Waals surface area contributed by atoms with E-state index in [1.54, 1.807) is 6.07 Å². The number of carbonyl (C=O) groups excluding carboxylic acids is 2. The minimum atomic E-state index is -0.0705. The maximum absolute atomic E-state index is 13.5. The van der Waals surface area contributed by atoms with Crippen molar-refractivity contribution in [2.45, 2.75) is 77.7 Å². The Balaban J connectivity index is 1.63. The molecular weight excluding hydrogens is 350 g/mol. The standard InChI is InChI=1S/C24H33NO3/c1-5-19(26)15-9-10-16(13-15)22(28)25-12-11-24(4)18-7-6-8-20(27)17(18)14-21(25)23(24,2)3/h6-8,15-16,21,27H,5,9-14H2,1-4H3/t15-,16+,21-,24+/m1/s1. The molecule has 152 valence electrons. The van der Waals surface area contributed by atoms with E-state index in [1.807, 2.05) is 13.0 Å². The highest BCUT2D eigenvalue weighted by Gasteiger charge is 2.57. The van der Waals surface area contributed by atoms with Gasteiger partial charge in [-0.05, 0) is 54.7 Å². The van der Waals surface area contributed by atoms with Crippen LogP contribution in [0.3, 0.4) is 0 Å². The molecule has 1 amide bonds. The van der Waals surface area contributed by atoms with Crippen molar-refractivity contribution in [2.24, 2.45) is 17.3 Å². The topological polar surface area (TPSA) is 57.6 Å². The average molecular weight is 384 g/mol. The largest absolute Gasteiger partial charge is 0.508 e. The van der Waals surface area contributed by atoms with E-state index in [-0.39, 0.29) is 34.6 Å². The van der Waals surface area contributed by atoms with E-state index in [1.165, 1.54) is 5.56 Å². The van der Waals surface area contributed by atoms with Gasteiger partial charge < -0.3 is 10.0 Å². The van der Waals surface area contributed by atoms with E-state index in [0.717, 1.165) is 31.4 Å². The second-order valence-corrected chi connectivity index (χ2v) is 9.89. The number of phenols is 1. The number of aromatic hydroxyl groups is 1. The number of piperidine rings is 1. The Hall–Kier alpha value is -1.84. The number of benzene rings is 1. The molecule has 1 heterocycles. The summed E-state index contributed by atoms with van der Waals surface area (Å²) in [6.45, 7) is 9.54. The van der Waals surface area contributed by atoms with Gasteiger partial charge in [0.1, 0.15) is 11.5 Å². The molecule has 2 aliphatic carbocycles. The molecule has 4 atom stereocenters. The summed E-state index contributed by atoms with van der Waals surface area (Å²) < 4.78 is 0. The van der Waals surface area contributed by atoms with Crippen LogP contribution in [-0.4, -0.2) is 34.3 Å². The first-order valence-electron chi connectivity index (χ1n) is 10.8. The van der Waals surface area contributed by atoms with Crippen LogP contribution in [0.1, 0.15) is 70.9 Å². The number of rotatable bonds is 3. The third kappa shape index (κ3) is 2.63. The highest BCUT2D eigenvalue weighted by Crippen LogP contribution is 2.57. The molecular formula is C24H33NO3. The van der Waals surface area contributed by atoms with Crippen molar-refractivity contribution in [3.63, 3.8) is 0 Å². The highest BCUT2D eigenvalue weighted by molar-refractivity contribution is 5.84. The van der Waals surface area contributed by atoms with E-state index >= 15 is 0 Å². The van der Waals surface area contributed by atoms with Crippen LogP contribution in [0, 0.1) is 17.3 Å². The van der Waals surface area contributed by atoms with Crippen LogP contribution in [0.5, 0.6) is 5.75 Å². The fourth-order valence-corrected chi connectivity index (χ4v) is 6.21. The zero-order valence-corrected chi connectivity index (χ0v) is 17.6. The summed E-state index contributed by atoms with van der Waals surface area (Å²) in [5.41, 5.74) is 2.13. The maximum atomic E-state index is 13.5. The summed E-state index contributed by atoms with van der Waals surface area (Å²) in [7, 11) is 0. The predicted octanol–water partition coefficient (Wildman–Crippen LogP) is 4.23. The molecule has 1 aromatic rings. The first kappa shape index (κ1) is 19.5. The van der Waals surface area contributed by atoms with Crippen LogP contribution in [-0.2, 0) is 21.4 Å². The van der Waals surface area contributed by atoms with Crippen molar-refractivity contribution in [3.05, 3.63) is 29.3 Å². The van der Waals surface area contributed by atoms with Gasteiger partial charge in [-0.1, -0.05) is 39.8 Å². The first-order chi connectivity index (χ1) is 13.2. The van der Waals surface area contributed by atoms with Crippen molar-refractivity contribution in [2.75, 3.05) is 6.54 Å². The number of likely N-dealkylation sites (tertiary alicyclic amines) is 1. The van der Waals surface area contributed by atoms with Gasteiger partial charge in [0.2, 0.25) is 5.91 Å². The smallest absolute Gasteiger partial charge is 0.225 e. The summed E-state index contributed by atoms with van der Waals surface area (Å²) in [5, 5.41) is 10.5. The molecule has 1 saturated heterocycles. The molecule has 0 aromatic heterocycles. The lowest BCUT2D eigenvalue weighted by molar-refractivity contribution is -0.148. The number of amides is 1. The van der Waals surface area contributed by atoms with Gasteiger partial charge in [-0.15, -0.1) is 0 Å². The maximum Gasteiger partial charge on any atom is 0.225 e. The van der Waals surface area contributed by atoms with Crippen LogP contribution in [0.25, 0.3) is 0 Å². The van der Waals surface area contributed by atoms with Crippen LogP contribution < -0.4 is 0 Å². The number of Topliss-reactive ketones (excluding diaryl/α,β-unsaturated/α-hetero) is 1. The Bertz CT molecular complexity index is 814. The minimum Gasteiger partial charge on any atom is -0.508 e. The van der Waals surface area contributed by atoms with Crippen molar-refractivity contribution >= 4 is 11.7 Å². The Kier molecular flexibility index (Phi) is 4.59. The second-order valence-electron chi connectivity index (χ2n) is 9.89. The summed E-state index contributed by atoms with van der Waals surface area (Å²) in [6.07, 6.45) is 4.58. The van der Waals surface area contributed by atoms with Crippen molar-refractivity contribution in [1.29, 1.82) is 0 Å². The summed E-state index contributed by atoms with van der Waals surface area (Å²) >= 11 is 0. The minimum absolute atomic E-state index is 0.0218. The summed E-state index contributed by atoms with van der Waals surface area (Å²) in [4.78, 5) is 27.7. The van der Waals surface area contributed by atoms with Gasteiger partial charge in [0, 0.05) is 36.3 Å². The molecule has 3 aliphatic rings. The molecule has 4 heteroatoms. The van der Waals surface area contributed by atoms with Gasteiger partial charge >= 0.3 is 0 Å². The zero-order chi connectivity index (χ0) is 20.3. The second kappa shape index (κ2) is 6.60. The van der Waals surface area contributed by atoms with Gasteiger partial charge in [-0.3, -0.25) is 9.59 Å². The molecule has 0 spiro atoms. The molecule has 1 N–H and O–H groups in total. The fraction of sp³-hybridized carbons (Fsp3) is 0.667. The molecule has 0 radical (unpaired) electrons. The number of fused-ring (bicyclic) bond motifs is 4. The van der Waals surface area contributed by atoms with E-state index in [2.05, 4.69) is 31.7 Å². The van der Waals surface area contributed by atoms with Crippen LogP contribution in [0.15, 0.2) is 18.2 Å². The lowest BCUT2D eigenvalue weighted by Crippen LogP contribution is -2.65. The Labute approximate surface area is 168 Å². The normalized spacial score (nSPS) is 33.4. The van der Waals surface area contributed by atoms with Crippen molar-refractivity contribution in [3.8, 4) is 5.75 Å². The lowest BCUT2D eigenvalue weighted by Gasteiger charge is -2.61. The lowest BCUT2D eigenvalue weighted by atomic mass is 9.51. The van der Waals surface area contributed by atoms with Crippen LogP contribution >= 0.6 is 0 Å². The summed E-state index contributed by atoms with van der Waals surface area (Å²) in [6, 6.07) is 5.94. The Morgan fingerprint density at radius 1 is 1.18 bits per heavy atom. The molecule has 1 aliphatic heterocycles. The van der Waals surface area contributed by atoms with Gasteiger partial charge in [-0.25, -0.2) is 0 Å². The Morgan fingerprint density at radius 2 is 1.89 bits per heavy atom. The third-order valence-corrected chi connectivity index (χ3v) is 8.50. The number of nitrogens with zero attached hydrogens (tertiary/aromatic N) is 1. The van der Waals surface area contributed by atoms with Gasteiger partial charge in [0.15, 0.2) is 0 Å². The van der Waals surface area contributed by atoms with E-state index in [4.69, 9.17) is 0 Å². The number of ketones is 1. The molecule has 2 bridgehead atoms. The Morgan fingerprint density at radius 3 is 2.61 bits per heavy atom. The molecule has 4 rings (SSSR count). The molecule has 0 unspecified atom stereocenters. The van der Waals surface area contributed by atoms with Crippen LogP contribution in [0.4, 0.5) is 0 Å². The van der Waals surface area contributed by atoms with Crippen molar-refractivity contribution < 1.29 is 14.7 Å². The number of phenolic OH excluding ortho intramolecular Hbond substituents is 1. The van der Waals surface area contributed by atoms with Gasteiger partial charge in [0.05, 0.1) is 0 Å². The van der Waals surface area contributed by atoms with E-state index < -0.39 is 0 Å². The number of carbonyl (C=O) groups is 2. The van der Waals surface area contributed by atoms with Gasteiger partial charge in [0.25, 0.3) is 0 Å². The highest BCUT2D eigenvalue weighted by atomic mass is 16.3. The molecule has 4 nitrogen and oxygen atoms in total. The third-order valence-electron chi connectivity index (χ3n) is 8.50. The predicted molar refractivity (Wildman–Crippen MR) is 109 cm³/mol. The quantitative estimate of drug-likeness (QED) is 0.850. The molecule has 28 heavy (non-hydrogen) atoms. The van der Waals surface area contributed by atoms with E-state index in [9.17, 15) is 14.7 Å². The van der Waals surface area contributed by atoms with Crippen molar-refractivity contribution in [1.82, 2.24) is 4.90 Å². The molecule has 1 aromatic carbocycles. The molecule has 1 saturated carbocycles. The molecule has 2 fully saturated rings. The SMILES string of the molecule is CCC(=O)[C@@H]1CC[C@H](C(=O)N2CC[C@@]3(C)c4cccc(O)c4C[C@@H]2C3(C)C)C1. The van der Waals surface area contributed by atoms with E-state index in [0.29, 0.717) is 30.8 Å². The number of hydrogen-bond acceptors (Lipinski definition) is 3. The van der Waals surface area contributed by atoms with Gasteiger partial charge in [-0.2, -0.15) is 0 Å². The number of hydrogen-bond donors (Lipinski definition) is 1. The first-order valence-corrected chi connectivity index (χ1v) is 10.8. The van der Waals surface area contributed by atoms with Crippen LogP contribution in [0.2, 0.25) is 0 Å².